The van der Waals surface area contributed by atoms with Gasteiger partial charge in [-0.15, -0.1) is 0 Å². The lowest BCUT2D eigenvalue weighted by Gasteiger charge is -2.38. The number of ether oxygens (including phenoxy) is 2. The summed E-state index contributed by atoms with van der Waals surface area (Å²) in [5.41, 5.74) is 0. The van der Waals surface area contributed by atoms with Gasteiger partial charge in [0.2, 0.25) is 5.72 Å². The summed E-state index contributed by atoms with van der Waals surface area (Å²) in [4.78, 5) is 0. The minimum Gasteiger partial charge on any atom is -0.394 e. The molecule has 0 aromatic heterocycles. The van der Waals surface area contributed by atoms with Crippen LogP contribution >= 0.6 is 0 Å². The second-order valence-electron chi connectivity index (χ2n) is 2.84. The zero-order valence-electron chi connectivity index (χ0n) is 11.0. The van der Waals surface area contributed by atoms with Crippen LogP contribution < -0.4 is 0 Å². The smallest absolute Gasteiger partial charge is 0.211 e. The van der Waals surface area contributed by atoms with E-state index in [-0.39, 0.29) is 6.61 Å². The summed E-state index contributed by atoms with van der Waals surface area (Å²) in [6.45, 7) is -0.187. The fourth-order valence-electron chi connectivity index (χ4n) is 1.20. The zero-order valence-corrected chi connectivity index (χ0v) is 7.04. The molecular formula is C7H14O6. The molecule has 0 spiro atoms. The Bertz CT molecular complexity index is 223. The Morgan fingerprint density at radius 1 is 1.31 bits per heavy atom. The summed E-state index contributed by atoms with van der Waals surface area (Å²) >= 11 is 0. The largest absolute Gasteiger partial charge is 0.394 e. The molecule has 5 atom stereocenters. The minimum absolute atomic E-state index is 0.187. The van der Waals surface area contributed by atoms with Crippen molar-refractivity contribution >= 4 is 0 Å². The van der Waals surface area contributed by atoms with Crippen LogP contribution in [0.25, 0.3) is 0 Å². The van der Waals surface area contributed by atoms with Gasteiger partial charge in [0.1, 0.15) is 24.4 Å². The lowest BCUT2D eigenvalue weighted by molar-refractivity contribution is -0.294. The van der Waals surface area contributed by atoms with E-state index in [1.54, 1.807) is 0 Å². The molecule has 0 unspecified atom stereocenters. The molecule has 0 aliphatic carbocycles. The highest BCUT2D eigenvalue weighted by atomic mass is 16.7. The number of aliphatic hydroxyl groups excluding tert-OH is 4. The highest BCUT2D eigenvalue weighted by Crippen LogP contribution is 2.20. The third-order valence-electron chi connectivity index (χ3n) is 1.99. The Balaban J connectivity index is 2.84. The SMILES string of the molecule is [2H]OC[C@H]1O[C@H](OC)[C@@H](O[2H])[C@@H](O[2H])[C@@H]1O[2H]. The maximum Gasteiger partial charge on any atom is 0.211 e. The van der Waals surface area contributed by atoms with Crippen LogP contribution in [-0.4, -0.2) is 70.6 Å². The molecule has 13 heavy (non-hydrogen) atoms. The molecule has 1 aliphatic rings. The number of hydrogen-bond acceptors (Lipinski definition) is 6. The van der Waals surface area contributed by atoms with Crippen LogP contribution in [0.3, 0.4) is 0 Å². The summed E-state index contributed by atoms with van der Waals surface area (Å²) in [5, 5.41) is 17.3. The molecule has 78 valence electrons. The van der Waals surface area contributed by atoms with E-state index >= 15 is 0 Å². The van der Waals surface area contributed by atoms with Gasteiger partial charge in [0, 0.05) is 7.11 Å². The first-order valence-electron chi connectivity index (χ1n) is 5.49. The molecule has 0 aromatic carbocycles. The van der Waals surface area contributed by atoms with Crippen molar-refractivity contribution in [2.75, 3.05) is 13.7 Å². The van der Waals surface area contributed by atoms with Crippen LogP contribution in [0.5, 0.6) is 0 Å². The molecule has 1 saturated heterocycles. The quantitative estimate of drug-likeness (QED) is 0.374. The molecule has 1 rings (SSSR count). The van der Waals surface area contributed by atoms with Crippen molar-refractivity contribution in [1.82, 2.24) is 0 Å². The lowest BCUT2D eigenvalue weighted by Crippen LogP contribution is -2.58. The Morgan fingerprint density at radius 2 is 2.08 bits per heavy atom. The molecule has 0 bridgehead atoms. The van der Waals surface area contributed by atoms with E-state index in [4.69, 9.17) is 15.2 Å². The predicted molar refractivity (Wildman–Crippen MR) is 40.8 cm³/mol. The van der Waals surface area contributed by atoms with Crippen molar-refractivity contribution < 1.29 is 29.9 Å². The van der Waals surface area contributed by atoms with E-state index in [0.29, 0.717) is 0 Å². The minimum atomic E-state index is -1.05. The van der Waals surface area contributed by atoms with Crippen molar-refractivity contribution in [2.45, 2.75) is 30.7 Å². The van der Waals surface area contributed by atoms with Crippen molar-refractivity contribution in [3.05, 3.63) is 0 Å². The average Bonchev–Trinajstić information content (AvgIpc) is 2.37. The maximum atomic E-state index is 6.93. The second-order valence-corrected chi connectivity index (χ2v) is 2.84. The molecule has 0 aromatic rings. The highest BCUT2D eigenvalue weighted by Gasteiger charge is 2.43. The van der Waals surface area contributed by atoms with Gasteiger partial charge in [-0.25, -0.2) is 0 Å². The number of hydrogen-bond donors (Lipinski definition) is 4. The molecule has 1 aliphatic heterocycles. The Kier molecular flexibility index (Phi) is 2.09. The van der Waals surface area contributed by atoms with Crippen LogP contribution in [0.1, 0.15) is 0 Å². The van der Waals surface area contributed by atoms with Crippen LogP contribution in [0.2, 0.25) is 0 Å². The molecule has 0 radical (unpaired) electrons. The topological polar surface area (TPSA) is 99.4 Å². The number of rotatable bonds is 6. The first kappa shape index (κ1) is 6.28. The van der Waals surface area contributed by atoms with Crippen LogP contribution in [-0.2, 0) is 9.47 Å². The monoisotopic (exact) mass is 198 g/mol. The fraction of sp³-hybridized carbons (Fsp3) is 1.00. The van der Waals surface area contributed by atoms with Gasteiger partial charge in [-0.3, -0.25) is 0 Å². The molecule has 1 fully saturated rings. The van der Waals surface area contributed by atoms with Gasteiger partial charge < -0.3 is 29.9 Å². The van der Waals surface area contributed by atoms with Crippen LogP contribution in [0.15, 0.2) is 0 Å². The van der Waals surface area contributed by atoms with E-state index in [9.17, 15) is 0 Å². The standard InChI is InChI=1S/C7H14O6/c1-12-7-6(11)5(10)4(9)3(2-8)13-7/h3-11H,2H2,1H3/t3-,4-,5+,6+,7+/m1/s1/i8D,9D,10D,11D. The first-order valence-corrected chi connectivity index (χ1v) is 3.85. The number of methoxy groups -OCH3 is 1. The Hall–Kier alpha value is -0.240. The summed E-state index contributed by atoms with van der Waals surface area (Å²) in [5.74, 6) is 0. The second kappa shape index (κ2) is 4.32. The summed E-state index contributed by atoms with van der Waals surface area (Å²) in [6.07, 6.45) is -4.88. The van der Waals surface area contributed by atoms with Gasteiger partial charge >= 0.3 is 0 Å². The van der Waals surface area contributed by atoms with Gasteiger partial charge in [-0.1, -0.05) is 0 Å². The van der Waals surface area contributed by atoms with Crippen molar-refractivity contribution in [3.8, 4) is 0 Å². The molecule has 4 N–H and O–H groups in total. The molecule has 0 amide bonds. The summed E-state index contributed by atoms with van der Waals surface area (Å²) in [7, 11) is 1.33. The van der Waals surface area contributed by atoms with E-state index in [1.807, 2.05) is 0 Å². The summed E-state index contributed by atoms with van der Waals surface area (Å²) < 4.78 is 37.6. The van der Waals surface area contributed by atoms with E-state index in [1.165, 1.54) is 7.11 Å². The first-order chi connectivity index (χ1) is 8.23. The van der Waals surface area contributed by atoms with Crippen LogP contribution in [0.4, 0.5) is 0 Å². The van der Waals surface area contributed by atoms with E-state index in [0.717, 1.165) is 0 Å². The molecule has 1 heterocycles. The predicted octanol–water partition coefficient (Wildman–Crippen LogP) is -2.57. The maximum absolute atomic E-state index is 6.93. The van der Waals surface area contributed by atoms with Gasteiger partial charge in [0.15, 0.2) is 6.29 Å². The third-order valence-corrected chi connectivity index (χ3v) is 1.99. The van der Waals surface area contributed by atoms with Crippen molar-refractivity contribution in [1.29, 1.82) is 5.72 Å². The summed E-state index contributed by atoms with van der Waals surface area (Å²) in [6, 6.07) is 0. The van der Waals surface area contributed by atoms with Gasteiger partial charge in [-0.05, 0) is 0 Å². The fourth-order valence-corrected chi connectivity index (χ4v) is 1.20. The van der Waals surface area contributed by atoms with Gasteiger partial charge in [-0.2, -0.15) is 0 Å². The lowest BCUT2D eigenvalue weighted by atomic mass is 9.99. The number of aliphatic hydroxyl groups is 4. The van der Waals surface area contributed by atoms with E-state index < -0.39 is 30.7 Å². The molecular weight excluding hydrogens is 180 g/mol. The van der Waals surface area contributed by atoms with Gasteiger partial charge in [0.05, 0.1) is 6.61 Å². The van der Waals surface area contributed by atoms with Gasteiger partial charge in [0.25, 0.3) is 0 Å². The zero-order chi connectivity index (χ0) is 12.8. The Labute approximate surface area is 81.3 Å². The van der Waals surface area contributed by atoms with Crippen molar-refractivity contribution in [3.63, 3.8) is 0 Å². The molecule has 6 heteroatoms. The van der Waals surface area contributed by atoms with E-state index in [2.05, 4.69) is 20.4 Å². The van der Waals surface area contributed by atoms with Crippen molar-refractivity contribution in [2.24, 2.45) is 0 Å². The highest BCUT2D eigenvalue weighted by molar-refractivity contribution is 4.88. The van der Waals surface area contributed by atoms with Crippen LogP contribution in [0, 0.1) is 0 Å². The third kappa shape index (κ3) is 1.98. The average molecular weight is 198 g/mol. The normalized spacial score (nSPS) is 50.4. The Morgan fingerprint density at radius 3 is 2.62 bits per heavy atom. The molecule has 0 saturated carbocycles. The molecule has 6 nitrogen and oxygen atoms in total.